The van der Waals surface area contributed by atoms with Gasteiger partial charge in [-0.25, -0.2) is 9.37 Å². The molecule has 1 aliphatic carbocycles. The van der Waals surface area contributed by atoms with E-state index >= 15 is 0 Å². The van der Waals surface area contributed by atoms with Crippen molar-refractivity contribution in [2.24, 2.45) is 7.05 Å². The maximum absolute atomic E-state index is 14.9. The third-order valence-corrected chi connectivity index (χ3v) is 4.14. The Morgan fingerprint density at radius 3 is 2.81 bits per heavy atom. The van der Waals surface area contributed by atoms with Crippen LogP contribution in [0.4, 0.5) is 10.2 Å². The molecule has 2 N–H and O–H groups in total. The molecule has 5 heteroatoms. The van der Waals surface area contributed by atoms with Crippen molar-refractivity contribution >= 4 is 16.6 Å². The van der Waals surface area contributed by atoms with E-state index in [9.17, 15) is 4.39 Å². The second kappa shape index (κ2) is 4.28. The molecule has 1 saturated carbocycles. The van der Waals surface area contributed by atoms with Gasteiger partial charge in [0.25, 0.3) is 0 Å². The quantitative estimate of drug-likeness (QED) is 0.785. The highest BCUT2D eigenvalue weighted by molar-refractivity contribution is 5.95. The molecule has 106 valence electrons. The monoisotopic (exact) mass is 282 g/mol. The number of rotatable bonds is 2. The summed E-state index contributed by atoms with van der Waals surface area (Å²) >= 11 is 0. The number of fused-ring (bicyclic) bond motifs is 1. The topological polar surface area (TPSA) is 56.7 Å². The molecule has 0 atom stereocenters. The van der Waals surface area contributed by atoms with E-state index in [2.05, 4.69) is 10.1 Å². The smallest absolute Gasteiger partial charge is 0.142 e. The Hall–Kier alpha value is -2.43. The standard InChI is InChI=1S/C16H15FN4/c1-21-15(10-2-3-10)12(8-20-21)11-5-4-9-6-7-19-16(18)13(9)14(11)17/h4-8,10H,2-3H2,1H3,(H2,18,19). The summed E-state index contributed by atoms with van der Waals surface area (Å²) in [5.74, 6) is 0.408. The van der Waals surface area contributed by atoms with Gasteiger partial charge in [-0.1, -0.05) is 12.1 Å². The van der Waals surface area contributed by atoms with Gasteiger partial charge in [0, 0.05) is 36.0 Å². The summed E-state index contributed by atoms with van der Waals surface area (Å²) in [6.07, 6.45) is 5.62. The maximum Gasteiger partial charge on any atom is 0.142 e. The van der Waals surface area contributed by atoms with Crippen LogP contribution in [-0.2, 0) is 7.05 Å². The summed E-state index contributed by atoms with van der Waals surface area (Å²) < 4.78 is 16.8. The van der Waals surface area contributed by atoms with Crippen molar-refractivity contribution in [3.63, 3.8) is 0 Å². The summed E-state index contributed by atoms with van der Waals surface area (Å²) in [4.78, 5) is 3.99. The van der Waals surface area contributed by atoms with E-state index in [1.165, 1.54) is 0 Å². The van der Waals surface area contributed by atoms with Crippen LogP contribution in [0.25, 0.3) is 21.9 Å². The zero-order valence-electron chi connectivity index (χ0n) is 11.7. The van der Waals surface area contributed by atoms with Crippen molar-refractivity contribution in [1.29, 1.82) is 0 Å². The van der Waals surface area contributed by atoms with Crippen LogP contribution in [0.2, 0.25) is 0 Å². The number of aryl methyl sites for hydroxylation is 1. The number of hydrogen-bond acceptors (Lipinski definition) is 3. The van der Waals surface area contributed by atoms with Crippen LogP contribution < -0.4 is 5.73 Å². The van der Waals surface area contributed by atoms with Crippen molar-refractivity contribution in [2.45, 2.75) is 18.8 Å². The number of nitrogens with two attached hydrogens (primary N) is 1. The number of benzene rings is 1. The molecule has 4 nitrogen and oxygen atoms in total. The molecule has 4 rings (SSSR count). The van der Waals surface area contributed by atoms with Crippen LogP contribution in [0, 0.1) is 5.82 Å². The van der Waals surface area contributed by atoms with E-state index in [4.69, 9.17) is 5.73 Å². The van der Waals surface area contributed by atoms with Crippen LogP contribution >= 0.6 is 0 Å². The van der Waals surface area contributed by atoms with E-state index in [0.29, 0.717) is 16.9 Å². The van der Waals surface area contributed by atoms with E-state index < -0.39 is 0 Å². The number of aromatic nitrogens is 3. The number of nitrogens with zero attached hydrogens (tertiary/aromatic N) is 3. The van der Waals surface area contributed by atoms with E-state index in [1.807, 2.05) is 17.8 Å². The van der Waals surface area contributed by atoms with Gasteiger partial charge in [0.15, 0.2) is 0 Å². The minimum absolute atomic E-state index is 0.226. The first kappa shape index (κ1) is 12.3. The van der Waals surface area contributed by atoms with E-state index in [-0.39, 0.29) is 11.6 Å². The molecular weight excluding hydrogens is 267 g/mol. The van der Waals surface area contributed by atoms with E-state index in [1.54, 1.807) is 24.5 Å². The van der Waals surface area contributed by atoms with Gasteiger partial charge in [-0.3, -0.25) is 4.68 Å². The molecule has 1 aliphatic rings. The van der Waals surface area contributed by atoms with Gasteiger partial charge < -0.3 is 5.73 Å². The van der Waals surface area contributed by atoms with Crippen molar-refractivity contribution in [1.82, 2.24) is 14.8 Å². The average molecular weight is 282 g/mol. The van der Waals surface area contributed by atoms with Crippen LogP contribution in [0.3, 0.4) is 0 Å². The van der Waals surface area contributed by atoms with Crippen molar-refractivity contribution in [3.05, 3.63) is 42.1 Å². The molecule has 0 saturated heterocycles. The maximum atomic E-state index is 14.9. The number of halogens is 1. The Kier molecular flexibility index (Phi) is 2.51. The van der Waals surface area contributed by atoms with Crippen LogP contribution in [0.15, 0.2) is 30.6 Å². The Morgan fingerprint density at radius 2 is 2.05 bits per heavy atom. The fourth-order valence-electron chi connectivity index (χ4n) is 2.96. The molecule has 2 aromatic heterocycles. The molecule has 1 aromatic carbocycles. The lowest BCUT2D eigenvalue weighted by Crippen LogP contribution is -1.99. The molecule has 3 aromatic rings. The summed E-state index contributed by atoms with van der Waals surface area (Å²) in [6.45, 7) is 0. The highest BCUT2D eigenvalue weighted by atomic mass is 19.1. The third kappa shape index (κ3) is 1.81. The highest BCUT2D eigenvalue weighted by Crippen LogP contribution is 2.45. The molecule has 2 heterocycles. The van der Waals surface area contributed by atoms with Crippen molar-refractivity contribution in [2.75, 3.05) is 5.73 Å². The van der Waals surface area contributed by atoms with Crippen molar-refractivity contribution in [3.8, 4) is 11.1 Å². The van der Waals surface area contributed by atoms with Crippen LogP contribution in [0.5, 0.6) is 0 Å². The first-order valence-corrected chi connectivity index (χ1v) is 7.02. The lowest BCUT2D eigenvalue weighted by atomic mass is 9.99. The fourth-order valence-corrected chi connectivity index (χ4v) is 2.96. The Balaban J connectivity index is 1.99. The molecule has 0 spiro atoms. The van der Waals surface area contributed by atoms with Crippen LogP contribution in [-0.4, -0.2) is 14.8 Å². The zero-order chi connectivity index (χ0) is 14.6. The molecule has 0 aliphatic heterocycles. The summed E-state index contributed by atoms with van der Waals surface area (Å²) in [6, 6.07) is 5.46. The average Bonchev–Trinajstić information content (AvgIpc) is 3.23. The Labute approximate surface area is 121 Å². The zero-order valence-corrected chi connectivity index (χ0v) is 11.7. The Morgan fingerprint density at radius 1 is 1.24 bits per heavy atom. The minimum Gasteiger partial charge on any atom is -0.383 e. The van der Waals surface area contributed by atoms with Gasteiger partial charge in [0.1, 0.15) is 11.6 Å². The number of hydrogen-bond donors (Lipinski definition) is 1. The predicted octanol–water partition coefficient (Wildman–Crippen LogP) is 3.23. The predicted molar refractivity (Wildman–Crippen MR) is 80.3 cm³/mol. The number of anilines is 1. The van der Waals surface area contributed by atoms with Gasteiger partial charge in [-0.2, -0.15) is 5.10 Å². The van der Waals surface area contributed by atoms with Gasteiger partial charge in [-0.15, -0.1) is 0 Å². The van der Waals surface area contributed by atoms with Gasteiger partial charge in [0.05, 0.1) is 11.6 Å². The molecule has 0 amide bonds. The highest BCUT2D eigenvalue weighted by Gasteiger charge is 2.30. The second-order valence-electron chi connectivity index (χ2n) is 5.56. The first-order chi connectivity index (χ1) is 10.2. The number of nitrogen functional groups attached to an aromatic ring is 1. The lowest BCUT2D eigenvalue weighted by Gasteiger charge is -2.09. The summed E-state index contributed by atoms with van der Waals surface area (Å²) in [7, 11) is 1.91. The van der Waals surface area contributed by atoms with Gasteiger partial charge >= 0.3 is 0 Å². The van der Waals surface area contributed by atoms with E-state index in [0.717, 1.165) is 29.5 Å². The minimum atomic E-state index is -0.312. The summed E-state index contributed by atoms with van der Waals surface area (Å²) in [5.41, 5.74) is 8.37. The Bertz CT molecular complexity index is 849. The van der Waals surface area contributed by atoms with Crippen LogP contribution in [0.1, 0.15) is 24.5 Å². The first-order valence-electron chi connectivity index (χ1n) is 7.02. The fraction of sp³-hybridized carbons (Fsp3) is 0.250. The largest absolute Gasteiger partial charge is 0.383 e. The lowest BCUT2D eigenvalue weighted by molar-refractivity contribution is 0.642. The normalized spacial score (nSPS) is 14.8. The number of pyridine rings is 1. The molecule has 0 unspecified atom stereocenters. The molecule has 0 bridgehead atoms. The molecule has 21 heavy (non-hydrogen) atoms. The van der Waals surface area contributed by atoms with Gasteiger partial charge in [-0.05, 0) is 24.3 Å². The molecule has 0 radical (unpaired) electrons. The molecule has 1 fully saturated rings. The third-order valence-electron chi connectivity index (χ3n) is 4.14. The summed E-state index contributed by atoms with van der Waals surface area (Å²) in [5, 5.41) is 5.45. The SMILES string of the molecule is Cn1ncc(-c2ccc3ccnc(N)c3c2F)c1C1CC1. The molecular formula is C16H15FN4. The second-order valence-corrected chi connectivity index (χ2v) is 5.56. The van der Waals surface area contributed by atoms with Crippen molar-refractivity contribution < 1.29 is 4.39 Å². The van der Waals surface area contributed by atoms with Gasteiger partial charge in [0.2, 0.25) is 0 Å².